The summed E-state index contributed by atoms with van der Waals surface area (Å²) in [6.07, 6.45) is 3.35. The third-order valence-electron chi connectivity index (χ3n) is 1.27. The van der Waals surface area contributed by atoms with Crippen molar-refractivity contribution in [3.63, 3.8) is 0 Å². The molecule has 4 nitrogen and oxygen atoms in total. The van der Waals surface area contributed by atoms with E-state index in [1.807, 2.05) is 12.1 Å². The van der Waals surface area contributed by atoms with E-state index in [1.54, 1.807) is 19.3 Å². The fraction of sp³-hybridized carbons (Fsp3) is 0.125. The third-order valence-corrected chi connectivity index (χ3v) is 1.74. The first-order valence-electron chi connectivity index (χ1n) is 3.54. The van der Waals surface area contributed by atoms with E-state index in [2.05, 4.69) is 31.2 Å². The molecule has 0 radical (unpaired) electrons. The lowest BCUT2D eigenvalue weighted by Crippen LogP contribution is -2.06. The second kappa shape index (κ2) is 4.58. The summed E-state index contributed by atoms with van der Waals surface area (Å²) < 4.78 is 0.771. The summed E-state index contributed by atoms with van der Waals surface area (Å²) in [4.78, 5) is 7.52. The molecule has 1 aromatic rings. The molecule has 5 heteroatoms. The van der Waals surface area contributed by atoms with Gasteiger partial charge in [-0.1, -0.05) is 0 Å². The first kappa shape index (κ1) is 9.68. The number of amidine groups is 1. The van der Waals surface area contributed by atoms with Crippen LogP contribution in [0.25, 0.3) is 0 Å². The van der Waals surface area contributed by atoms with E-state index >= 15 is 0 Å². The van der Waals surface area contributed by atoms with E-state index in [1.165, 1.54) is 0 Å². The number of nitriles is 1. The van der Waals surface area contributed by atoms with E-state index in [0.717, 1.165) is 10.3 Å². The summed E-state index contributed by atoms with van der Waals surface area (Å²) in [7, 11) is 0. The number of hydrogen-bond acceptors (Lipinski definition) is 3. The van der Waals surface area contributed by atoms with Crippen molar-refractivity contribution in [2.75, 3.05) is 5.32 Å². The number of aliphatic imine (C=N–C) groups is 1. The topological polar surface area (TPSA) is 61.1 Å². The maximum Gasteiger partial charge on any atom is 0.207 e. The van der Waals surface area contributed by atoms with Gasteiger partial charge in [0.25, 0.3) is 0 Å². The Morgan fingerprint density at radius 2 is 2.46 bits per heavy atom. The maximum atomic E-state index is 8.26. The highest BCUT2D eigenvalue weighted by Gasteiger charge is 1.93. The van der Waals surface area contributed by atoms with Crippen LogP contribution in [-0.4, -0.2) is 10.8 Å². The molecule has 0 bridgehead atoms. The number of nitrogens with zero attached hydrogens (tertiary/aromatic N) is 3. The number of halogens is 1. The summed E-state index contributed by atoms with van der Waals surface area (Å²) in [6.45, 7) is 1.71. The van der Waals surface area contributed by atoms with Gasteiger partial charge in [0.1, 0.15) is 10.4 Å². The quantitative estimate of drug-likeness (QED) is 0.353. The smallest absolute Gasteiger partial charge is 0.207 e. The number of pyridine rings is 1. The van der Waals surface area contributed by atoms with Crippen LogP contribution in [0, 0.1) is 11.5 Å². The van der Waals surface area contributed by atoms with Crippen molar-refractivity contribution in [1.29, 1.82) is 5.26 Å². The van der Waals surface area contributed by atoms with E-state index in [-0.39, 0.29) is 0 Å². The minimum Gasteiger partial charge on any atom is -0.342 e. The molecular weight excluding hydrogens is 232 g/mol. The second-order valence-corrected chi connectivity index (χ2v) is 3.10. The van der Waals surface area contributed by atoms with Crippen LogP contribution < -0.4 is 5.32 Å². The van der Waals surface area contributed by atoms with Gasteiger partial charge in [-0.3, -0.25) is 0 Å². The van der Waals surface area contributed by atoms with Gasteiger partial charge < -0.3 is 5.32 Å². The molecule has 0 aliphatic carbocycles. The molecule has 1 N–H and O–H groups in total. The number of nitrogens with one attached hydrogen (secondary N) is 1. The van der Waals surface area contributed by atoms with Crippen molar-refractivity contribution in [1.82, 2.24) is 4.98 Å². The summed E-state index contributed by atoms with van der Waals surface area (Å²) >= 11 is 3.22. The molecule has 0 saturated carbocycles. The van der Waals surface area contributed by atoms with Gasteiger partial charge in [-0.2, -0.15) is 10.3 Å². The monoisotopic (exact) mass is 238 g/mol. The zero-order valence-electron chi connectivity index (χ0n) is 6.95. The third kappa shape index (κ3) is 3.22. The Kier molecular flexibility index (Phi) is 3.41. The molecule has 1 rings (SSSR count). The minimum atomic E-state index is 0.548. The molecule has 0 aliphatic rings. The van der Waals surface area contributed by atoms with Crippen LogP contribution in [0.1, 0.15) is 6.92 Å². The molecule has 0 unspecified atom stereocenters. The summed E-state index contributed by atoms with van der Waals surface area (Å²) in [6, 6.07) is 3.65. The molecule has 13 heavy (non-hydrogen) atoms. The standard InChI is InChI=1S/C8H7BrN4/c1-6(12-5-10)13-7-2-3-8(9)11-4-7/h2-4H,1H3,(H,12,13). The average Bonchev–Trinajstić information content (AvgIpc) is 2.09. The highest BCUT2D eigenvalue weighted by Crippen LogP contribution is 2.10. The van der Waals surface area contributed by atoms with Crippen LogP contribution in [0.15, 0.2) is 27.9 Å². The lowest BCUT2D eigenvalue weighted by molar-refractivity contribution is 1.27. The Bertz CT molecular complexity index is 349. The Hall–Kier alpha value is -1.41. The predicted molar refractivity (Wildman–Crippen MR) is 54.3 cm³/mol. The zero-order valence-corrected chi connectivity index (χ0v) is 8.54. The van der Waals surface area contributed by atoms with E-state index in [4.69, 9.17) is 5.26 Å². The average molecular weight is 239 g/mol. The molecule has 1 heterocycles. The lowest BCUT2D eigenvalue weighted by Gasteiger charge is -2.02. The van der Waals surface area contributed by atoms with Gasteiger partial charge in [0.15, 0.2) is 0 Å². The first-order valence-corrected chi connectivity index (χ1v) is 4.33. The van der Waals surface area contributed by atoms with Gasteiger partial charge in [0.2, 0.25) is 6.19 Å². The molecule has 0 aromatic carbocycles. The maximum absolute atomic E-state index is 8.26. The Morgan fingerprint density at radius 1 is 1.69 bits per heavy atom. The van der Waals surface area contributed by atoms with E-state index in [0.29, 0.717) is 5.84 Å². The number of hydrogen-bond donors (Lipinski definition) is 1. The molecule has 0 spiro atoms. The van der Waals surface area contributed by atoms with Gasteiger partial charge in [-0.15, -0.1) is 0 Å². The normalized spacial score (nSPS) is 10.7. The van der Waals surface area contributed by atoms with Gasteiger partial charge >= 0.3 is 0 Å². The van der Waals surface area contributed by atoms with Crippen molar-refractivity contribution in [3.8, 4) is 6.19 Å². The predicted octanol–water partition coefficient (Wildman–Crippen LogP) is 2.16. The van der Waals surface area contributed by atoms with Crippen LogP contribution in [0.3, 0.4) is 0 Å². The van der Waals surface area contributed by atoms with Crippen LogP contribution in [-0.2, 0) is 0 Å². The Balaban J connectivity index is 2.71. The van der Waals surface area contributed by atoms with Crippen molar-refractivity contribution >= 4 is 27.5 Å². The number of anilines is 1. The minimum absolute atomic E-state index is 0.548. The van der Waals surface area contributed by atoms with Crippen molar-refractivity contribution in [3.05, 3.63) is 22.9 Å². The summed E-state index contributed by atoms with van der Waals surface area (Å²) in [5, 5.41) is 11.2. The molecule has 0 amide bonds. The van der Waals surface area contributed by atoms with Crippen LogP contribution in [0.4, 0.5) is 5.69 Å². The van der Waals surface area contributed by atoms with Gasteiger partial charge in [-0.05, 0) is 35.0 Å². The summed E-state index contributed by atoms with van der Waals surface area (Å²) in [5.41, 5.74) is 0.805. The van der Waals surface area contributed by atoms with Gasteiger partial charge in [0, 0.05) is 0 Å². The van der Waals surface area contributed by atoms with Crippen LogP contribution >= 0.6 is 15.9 Å². The number of aromatic nitrogens is 1. The van der Waals surface area contributed by atoms with Gasteiger partial charge in [0.05, 0.1) is 11.9 Å². The van der Waals surface area contributed by atoms with E-state index in [9.17, 15) is 0 Å². The molecule has 66 valence electrons. The molecule has 1 aromatic heterocycles. The van der Waals surface area contributed by atoms with Crippen molar-refractivity contribution in [2.45, 2.75) is 6.92 Å². The SMILES string of the molecule is C/C(=N/C#N)Nc1ccc(Br)nc1. The Labute approximate surface area is 84.5 Å². The van der Waals surface area contributed by atoms with Crippen LogP contribution in [0.5, 0.6) is 0 Å². The van der Waals surface area contributed by atoms with Crippen LogP contribution in [0.2, 0.25) is 0 Å². The summed E-state index contributed by atoms with van der Waals surface area (Å²) in [5.74, 6) is 0.548. The zero-order chi connectivity index (χ0) is 9.68. The molecule has 0 atom stereocenters. The first-order chi connectivity index (χ1) is 6.22. The van der Waals surface area contributed by atoms with E-state index < -0.39 is 0 Å². The molecule has 0 aliphatic heterocycles. The highest BCUT2D eigenvalue weighted by atomic mass is 79.9. The fourth-order valence-corrected chi connectivity index (χ4v) is 0.996. The fourth-order valence-electron chi connectivity index (χ4n) is 0.762. The number of rotatable bonds is 1. The van der Waals surface area contributed by atoms with Crippen molar-refractivity contribution < 1.29 is 0 Å². The highest BCUT2D eigenvalue weighted by molar-refractivity contribution is 9.10. The Morgan fingerprint density at radius 3 is 3.00 bits per heavy atom. The molecule has 0 fully saturated rings. The van der Waals surface area contributed by atoms with Gasteiger partial charge in [-0.25, -0.2) is 4.98 Å². The second-order valence-electron chi connectivity index (χ2n) is 2.29. The molecule has 0 saturated heterocycles. The largest absolute Gasteiger partial charge is 0.342 e. The molecular formula is C8H7BrN4. The lowest BCUT2D eigenvalue weighted by atomic mass is 10.4. The van der Waals surface area contributed by atoms with Crippen molar-refractivity contribution in [2.24, 2.45) is 4.99 Å².